The molecular weight excluding hydrogens is 240 g/mol. The molecule has 94 valence electrons. The lowest BCUT2D eigenvalue weighted by Crippen LogP contribution is -1.97. The second-order valence-corrected chi connectivity index (χ2v) is 4.66. The number of unbranched alkanes of at least 4 members (excludes halogenated alkanes) is 2. The van der Waals surface area contributed by atoms with E-state index in [0.717, 1.165) is 31.2 Å². The van der Waals surface area contributed by atoms with Crippen LogP contribution in [-0.4, -0.2) is 11.9 Å². The molecule has 0 aromatic heterocycles. The van der Waals surface area contributed by atoms with Crippen LogP contribution >= 0.6 is 11.6 Å². The highest BCUT2D eigenvalue weighted by Crippen LogP contribution is 2.41. The van der Waals surface area contributed by atoms with Crippen LogP contribution in [0.1, 0.15) is 44.3 Å². The Hall–Kier alpha value is -0.930. The summed E-state index contributed by atoms with van der Waals surface area (Å²) in [4.78, 5) is 0. The molecule has 1 aromatic rings. The maximum absolute atomic E-state index is 10.0. The number of hydrogen-bond donors (Lipinski definition) is 1. The third-order valence-electron chi connectivity index (χ3n) is 2.92. The van der Waals surface area contributed by atoms with Crippen LogP contribution in [0.4, 0.5) is 0 Å². The molecule has 0 saturated heterocycles. The predicted molar refractivity (Wildman–Crippen MR) is 66.7 cm³/mol. The second kappa shape index (κ2) is 5.61. The molecule has 0 fully saturated rings. The molecule has 1 unspecified atom stereocenters. The largest absolute Gasteiger partial charge is 0.454 e. The topological polar surface area (TPSA) is 38.7 Å². The summed E-state index contributed by atoms with van der Waals surface area (Å²) in [6.45, 7) is 2.34. The maximum Gasteiger partial charge on any atom is 0.231 e. The van der Waals surface area contributed by atoms with Gasteiger partial charge in [-0.1, -0.05) is 37.8 Å². The van der Waals surface area contributed by atoms with E-state index in [0.29, 0.717) is 16.5 Å². The summed E-state index contributed by atoms with van der Waals surface area (Å²) < 4.78 is 10.5. The number of ether oxygens (including phenoxy) is 2. The molecule has 0 amide bonds. The highest BCUT2D eigenvalue weighted by molar-refractivity contribution is 6.32. The molecule has 0 radical (unpaired) electrons. The van der Waals surface area contributed by atoms with Gasteiger partial charge in [-0.25, -0.2) is 0 Å². The first-order valence-electron chi connectivity index (χ1n) is 5.99. The second-order valence-electron chi connectivity index (χ2n) is 4.25. The Balaban J connectivity index is 2.08. The predicted octanol–water partition coefficient (Wildman–Crippen LogP) is 3.68. The molecule has 1 heterocycles. The number of hydrogen-bond acceptors (Lipinski definition) is 3. The molecule has 3 nitrogen and oxygen atoms in total. The summed E-state index contributed by atoms with van der Waals surface area (Å²) in [6, 6.07) is 3.57. The van der Waals surface area contributed by atoms with Crippen LogP contribution in [0.25, 0.3) is 0 Å². The fourth-order valence-corrected chi connectivity index (χ4v) is 2.21. The zero-order valence-electron chi connectivity index (χ0n) is 9.91. The first-order chi connectivity index (χ1) is 8.22. The van der Waals surface area contributed by atoms with Gasteiger partial charge >= 0.3 is 0 Å². The third-order valence-corrected chi connectivity index (χ3v) is 3.20. The molecule has 0 aliphatic carbocycles. The zero-order valence-corrected chi connectivity index (χ0v) is 10.7. The van der Waals surface area contributed by atoms with Gasteiger partial charge in [-0.05, 0) is 24.1 Å². The molecule has 17 heavy (non-hydrogen) atoms. The van der Waals surface area contributed by atoms with E-state index in [1.165, 1.54) is 0 Å². The van der Waals surface area contributed by atoms with Crippen LogP contribution in [-0.2, 0) is 0 Å². The normalized spacial score (nSPS) is 15.0. The average Bonchev–Trinajstić information content (AvgIpc) is 2.77. The van der Waals surface area contributed by atoms with Crippen LogP contribution < -0.4 is 9.47 Å². The smallest absolute Gasteiger partial charge is 0.231 e. The Kier molecular flexibility index (Phi) is 4.13. The van der Waals surface area contributed by atoms with Gasteiger partial charge in [0.15, 0.2) is 11.5 Å². The number of aliphatic hydroxyl groups is 1. The highest BCUT2D eigenvalue weighted by Gasteiger charge is 2.20. The lowest BCUT2D eigenvalue weighted by molar-refractivity contribution is 0.162. The summed E-state index contributed by atoms with van der Waals surface area (Å²) in [7, 11) is 0. The minimum absolute atomic E-state index is 0.199. The Morgan fingerprint density at radius 2 is 2.18 bits per heavy atom. The van der Waals surface area contributed by atoms with E-state index in [9.17, 15) is 5.11 Å². The van der Waals surface area contributed by atoms with Gasteiger partial charge in [0.2, 0.25) is 6.79 Å². The number of fused-ring (bicyclic) bond motifs is 1. The van der Waals surface area contributed by atoms with Gasteiger partial charge in [0.1, 0.15) is 0 Å². The van der Waals surface area contributed by atoms with Crippen LogP contribution in [0, 0.1) is 0 Å². The summed E-state index contributed by atoms with van der Waals surface area (Å²) in [5.74, 6) is 1.21. The summed E-state index contributed by atoms with van der Waals surface area (Å²) in [5, 5.41) is 10.6. The molecule has 1 aliphatic heterocycles. The molecule has 1 N–H and O–H groups in total. The number of rotatable bonds is 5. The Labute approximate surface area is 106 Å². The van der Waals surface area contributed by atoms with Gasteiger partial charge in [-0.3, -0.25) is 0 Å². The lowest BCUT2D eigenvalue weighted by atomic mass is 10.0. The van der Waals surface area contributed by atoms with Gasteiger partial charge in [-0.2, -0.15) is 0 Å². The highest BCUT2D eigenvalue weighted by atomic mass is 35.5. The van der Waals surface area contributed by atoms with Gasteiger partial charge in [0.25, 0.3) is 0 Å². The minimum atomic E-state index is -0.478. The maximum atomic E-state index is 10.0. The molecular formula is C13H17ClO3. The van der Waals surface area contributed by atoms with Crippen LogP contribution in [0.3, 0.4) is 0 Å². The SMILES string of the molecule is CCCCCC(O)c1cc(Cl)c2c(c1)OCO2. The molecule has 1 aliphatic rings. The number of benzene rings is 1. The van der Waals surface area contributed by atoms with E-state index >= 15 is 0 Å². The van der Waals surface area contributed by atoms with Crippen molar-refractivity contribution in [3.8, 4) is 11.5 Å². The number of aliphatic hydroxyl groups excluding tert-OH is 1. The van der Waals surface area contributed by atoms with Crippen LogP contribution in [0.15, 0.2) is 12.1 Å². The lowest BCUT2D eigenvalue weighted by Gasteiger charge is -2.12. The first kappa shape index (κ1) is 12.5. The van der Waals surface area contributed by atoms with Crippen molar-refractivity contribution in [1.82, 2.24) is 0 Å². The summed E-state index contributed by atoms with van der Waals surface area (Å²) in [6.07, 6.45) is 3.57. The van der Waals surface area contributed by atoms with Crippen LogP contribution in [0.2, 0.25) is 5.02 Å². The van der Waals surface area contributed by atoms with E-state index in [2.05, 4.69) is 6.92 Å². The molecule has 2 rings (SSSR count). The van der Waals surface area contributed by atoms with Gasteiger partial charge in [0, 0.05) is 0 Å². The van der Waals surface area contributed by atoms with E-state index < -0.39 is 6.10 Å². The third kappa shape index (κ3) is 2.85. The van der Waals surface area contributed by atoms with Crippen molar-refractivity contribution in [1.29, 1.82) is 0 Å². The van der Waals surface area contributed by atoms with Gasteiger partial charge in [-0.15, -0.1) is 0 Å². The van der Waals surface area contributed by atoms with Gasteiger partial charge < -0.3 is 14.6 Å². The molecule has 4 heteroatoms. The summed E-state index contributed by atoms with van der Waals surface area (Å²) in [5.41, 5.74) is 0.801. The standard InChI is InChI=1S/C13H17ClO3/c1-2-3-4-5-11(15)9-6-10(14)13-12(7-9)16-8-17-13/h6-7,11,15H,2-5,8H2,1H3. The zero-order chi connectivity index (χ0) is 12.3. The summed E-state index contributed by atoms with van der Waals surface area (Å²) >= 11 is 6.06. The molecule has 0 bridgehead atoms. The van der Waals surface area contributed by atoms with Crippen molar-refractivity contribution in [2.45, 2.75) is 38.7 Å². The molecule has 0 spiro atoms. The van der Waals surface area contributed by atoms with E-state index in [1.807, 2.05) is 6.07 Å². The van der Waals surface area contributed by atoms with Crippen molar-refractivity contribution in [3.05, 3.63) is 22.7 Å². The Morgan fingerprint density at radius 3 is 2.94 bits per heavy atom. The molecule has 1 aromatic carbocycles. The van der Waals surface area contributed by atoms with Crippen molar-refractivity contribution in [2.75, 3.05) is 6.79 Å². The fourth-order valence-electron chi connectivity index (χ4n) is 1.93. The van der Waals surface area contributed by atoms with Crippen molar-refractivity contribution >= 4 is 11.6 Å². The monoisotopic (exact) mass is 256 g/mol. The Bertz CT molecular complexity index is 392. The molecule has 1 atom stereocenters. The van der Waals surface area contributed by atoms with Gasteiger partial charge in [0.05, 0.1) is 11.1 Å². The van der Waals surface area contributed by atoms with Crippen molar-refractivity contribution in [2.24, 2.45) is 0 Å². The first-order valence-corrected chi connectivity index (χ1v) is 6.37. The van der Waals surface area contributed by atoms with E-state index in [4.69, 9.17) is 21.1 Å². The quantitative estimate of drug-likeness (QED) is 0.817. The number of halogens is 1. The van der Waals surface area contributed by atoms with Crippen molar-refractivity contribution < 1.29 is 14.6 Å². The molecule has 0 saturated carbocycles. The Morgan fingerprint density at radius 1 is 1.35 bits per heavy atom. The van der Waals surface area contributed by atoms with Crippen LogP contribution in [0.5, 0.6) is 11.5 Å². The average molecular weight is 257 g/mol. The van der Waals surface area contributed by atoms with E-state index in [1.54, 1.807) is 6.07 Å². The van der Waals surface area contributed by atoms with E-state index in [-0.39, 0.29) is 6.79 Å². The minimum Gasteiger partial charge on any atom is -0.454 e. The fraction of sp³-hybridized carbons (Fsp3) is 0.538. The van der Waals surface area contributed by atoms with Crippen molar-refractivity contribution in [3.63, 3.8) is 0 Å².